The van der Waals surface area contributed by atoms with Gasteiger partial charge < -0.3 is 4.74 Å². The summed E-state index contributed by atoms with van der Waals surface area (Å²) in [6.45, 7) is -0.00987. The first kappa shape index (κ1) is 18.2. The quantitative estimate of drug-likeness (QED) is 0.333. The molecule has 7 nitrogen and oxygen atoms in total. The second-order valence-electron chi connectivity index (χ2n) is 5.65. The maximum atomic E-state index is 12.3. The lowest BCUT2D eigenvalue weighted by atomic mass is 10.4. The third-order valence-corrected chi connectivity index (χ3v) is 6.34. The lowest BCUT2D eigenvalue weighted by molar-refractivity contribution is -0.141. The second-order valence-corrected chi connectivity index (χ2v) is 8.53. The molecular weight excluding hydrogens is 452 g/mol. The number of hydrogen-bond acceptors (Lipinski definition) is 7. The number of thiophene rings is 1. The van der Waals surface area contributed by atoms with Crippen LogP contribution in [0.1, 0.15) is 5.82 Å². The summed E-state index contributed by atoms with van der Waals surface area (Å²) in [5, 5.41) is 10.0. The lowest BCUT2D eigenvalue weighted by Gasteiger charge is -2.06. The van der Waals surface area contributed by atoms with E-state index in [0.717, 1.165) is 14.9 Å². The van der Waals surface area contributed by atoms with E-state index >= 15 is 0 Å². The van der Waals surface area contributed by atoms with Gasteiger partial charge in [-0.05, 0) is 35.7 Å². The highest BCUT2D eigenvalue weighted by Gasteiger charge is 2.16. The van der Waals surface area contributed by atoms with E-state index in [4.69, 9.17) is 4.74 Å². The first-order chi connectivity index (χ1) is 13.0. The van der Waals surface area contributed by atoms with Gasteiger partial charge in [0.25, 0.3) is 5.56 Å². The van der Waals surface area contributed by atoms with Crippen LogP contribution in [0.25, 0.3) is 16.0 Å². The Morgan fingerprint density at radius 1 is 1.26 bits per heavy atom. The lowest BCUT2D eigenvalue weighted by Crippen LogP contribution is -2.19. The Labute approximate surface area is 170 Å². The average molecular weight is 465 g/mol. The van der Waals surface area contributed by atoms with Crippen molar-refractivity contribution in [2.24, 2.45) is 7.05 Å². The predicted octanol–water partition coefficient (Wildman–Crippen LogP) is 3.24. The largest absolute Gasteiger partial charge is 0.457 e. The van der Waals surface area contributed by atoms with Gasteiger partial charge in [0.1, 0.15) is 4.70 Å². The first-order valence-electron chi connectivity index (χ1n) is 7.89. The molecule has 0 aliphatic heterocycles. The first-order valence-corrected chi connectivity index (χ1v) is 10.5. The van der Waals surface area contributed by atoms with Crippen LogP contribution in [0, 0.1) is 0 Å². The van der Waals surface area contributed by atoms with Gasteiger partial charge in [0, 0.05) is 16.4 Å². The Balaban J connectivity index is 1.50. The van der Waals surface area contributed by atoms with Crippen LogP contribution in [0.3, 0.4) is 0 Å². The summed E-state index contributed by atoms with van der Waals surface area (Å²) in [6.07, 6.45) is 0. The van der Waals surface area contributed by atoms with Gasteiger partial charge in [0.05, 0.1) is 11.3 Å². The van der Waals surface area contributed by atoms with Crippen LogP contribution in [0.5, 0.6) is 0 Å². The molecule has 0 aliphatic carbocycles. The van der Waals surface area contributed by atoms with E-state index in [1.165, 1.54) is 27.7 Å². The van der Waals surface area contributed by atoms with Gasteiger partial charge in [-0.2, -0.15) is 0 Å². The van der Waals surface area contributed by atoms with Crippen molar-refractivity contribution < 1.29 is 9.53 Å². The molecule has 0 atom stereocenters. The molecule has 0 bridgehead atoms. The van der Waals surface area contributed by atoms with Crippen LogP contribution in [-0.4, -0.2) is 30.9 Å². The zero-order valence-electron chi connectivity index (χ0n) is 14.1. The number of nitrogens with zero attached hydrogens (tertiary/aromatic N) is 4. The summed E-state index contributed by atoms with van der Waals surface area (Å²) in [6, 6.07) is 9.55. The molecule has 4 aromatic rings. The van der Waals surface area contributed by atoms with Gasteiger partial charge in [-0.3, -0.25) is 18.6 Å². The molecule has 27 heavy (non-hydrogen) atoms. The summed E-state index contributed by atoms with van der Waals surface area (Å²) in [5.74, 6) is 0.753. The molecule has 0 N–H and O–H groups in total. The Morgan fingerprint density at radius 2 is 2.04 bits per heavy atom. The van der Waals surface area contributed by atoms with Gasteiger partial charge >= 0.3 is 5.97 Å². The summed E-state index contributed by atoms with van der Waals surface area (Å²) in [4.78, 5) is 25.4. The minimum Gasteiger partial charge on any atom is -0.457 e. The number of carbonyl (C=O) groups excluding carboxylic acids is 1. The van der Waals surface area contributed by atoms with E-state index in [1.54, 1.807) is 11.4 Å². The van der Waals surface area contributed by atoms with Crippen LogP contribution in [0.2, 0.25) is 0 Å². The maximum Gasteiger partial charge on any atom is 0.316 e. The molecule has 0 saturated heterocycles. The third kappa shape index (κ3) is 3.52. The van der Waals surface area contributed by atoms with Crippen LogP contribution in [0.15, 0.2) is 49.9 Å². The predicted molar refractivity (Wildman–Crippen MR) is 108 cm³/mol. The van der Waals surface area contributed by atoms with Gasteiger partial charge in [-0.25, -0.2) is 0 Å². The number of hydrogen-bond donors (Lipinski definition) is 0. The van der Waals surface area contributed by atoms with Gasteiger partial charge in [0.15, 0.2) is 12.4 Å². The van der Waals surface area contributed by atoms with Crippen molar-refractivity contribution in [1.82, 2.24) is 19.2 Å². The van der Waals surface area contributed by atoms with Crippen LogP contribution in [0.4, 0.5) is 0 Å². The molecule has 3 heterocycles. The molecule has 1 aromatic carbocycles. The van der Waals surface area contributed by atoms with E-state index < -0.39 is 0 Å². The van der Waals surface area contributed by atoms with E-state index in [-0.39, 0.29) is 23.9 Å². The van der Waals surface area contributed by atoms with Gasteiger partial charge in [-0.15, -0.1) is 33.3 Å². The molecule has 0 amide bonds. The fraction of sp³-hybridized carbons (Fsp3) is 0.176. The highest BCUT2D eigenvalue weighted by Crippen LogP contribution is 2.22. The number of ether oxygens (including phenoxy) is 1. The summed E-state index contributed by atoms with van der Waals surface area (Å²) < 4.78 is 10.2. The van der Waals surface area contributed by atoms with Crippen LogP contribution < -0.4 is 5.56 Å². The molecule has 0 unspecified atom stereocenters. The molecule has 0 aliphatic rings. The normalized spacial score (nSPS) is 11.3. The monoisotopic (exact) mass is 464 g/mol. The van der Waals surface area contributed by atoms with Crippen molar-refractivity contribution in [2.45, 2.75) is 11.5 Å². The molecule has 4 rings (SSSR count). The summed E-state index contributed by atoms with van der Waals surface area (Å²) >= 11 is 6.15. The Morgan fingerprint density at radius 3 is 2.81 bits per heavy atom. The number of rotatable bonds is 5. The fourth-order valence-corrected chi connectivity index (χ4v) is 4.42. The molecular formula is C17H13BrN4O3S2. The highest BCUT2D eigenvalue weighted by molar-refractivity contribution is 9.10. The molecule has 0 fully saturated rings. The zero-order chi connectivity index (χ0) is 19.0. The van der Waals surface area contributed by atoms with Crippen molar-refractivity contribution >= 4 is 61.0 Å². The number of thioether (sulfide) groups is 1. The van der Waals surface area contributed by atoms with E-state index in [0.29, 0.717) is 16.3 Å². The second kappa shape index (κ2) is 7.45. The number of aryl methyl sites for hydroxylation is 1. The van der Waals surface area contributed by atoms with E-state index in [1.807, 2.05) is 35.7 Å². The molecule has 3 aromatic heterocycles. The van der Waals surface area contributed by atoms with Crippen molar-refractivity contribution in [3.8, 4) is 0 Å². The van der Waals surface area contributed by atoms with Crippen LogP contribution >= 0.6 is 39.0 Å². The Hall–Kier alpha value is -2.17. The van der Waals surface area contributed by atoms with E-state index in [2.05, 4.69) is 26.1 Å². The molecule has 0 spiro atoms. The molecule has 10 heteroatoms. The van der Waals surface area contributed by atoms with Gasteiger partial charge in [0.2, 0.25) is 5.78 Å². The van der Waals surface area contributed by atoms with Gasteiger partial charge in [-0.1, -0.05) is 15.9 Å². The maximum absolute atomic E-state index is 12.3. The number of esters is 1. The Bertz CT molecular complexity index is 1200. The van der Waals surface area contributed by atoms with Crippen molar-refractivity contribution in [3.05, 3.63) is 56.4 Å². The Kier molecular flexibility index (Phi) is 5.02. The number of carbonyl (C=O) groups is 1. The molecule has 0 radical (unpaired) electrons. The number of aromatic nitrogens is 4. The summed E-state index contributed by atoms with van der Waals surface area (Å²) in [7, 11) is 1.65. The number of fused-ring (bicyclic) bond motifs is 3. The van der Waals surface area contributed by atoms with E-state index in [9.17, 15) is 9.59 Å². The topological polar surface area (TPSA) is 78.5 Å². The standard InChI is InChI=1S/C17H13BrN4O3S2/c1-21-16(24)15-12(6-7-26-15)22-13(19-20-17(21)22)8-25-14(23)9-27-11-4-2-10(18)3-5-11/h2-7H,8-9H2,1H3. The van der Waals surface area contributed by atoms with Crippen molar-refractivity contribution in [1.29, 1.82) is 0 Å². The van der Waals surface area contributed by atoms with Crippen molar-refractivity contribution in [3.63, 3.8) is 0 Å². The van der Waals surface area contributed by atoms with Crippen LogP contribution in [-0.2, 0) is 23.2 Å². The SMILES string of the molecule is Cn1c(=O)c2sccc2n2c(COC(=O)CSc3ccc(Br)cc3)nnc12. The minimum atomic E-state index is -0.342. The number of halogens is 1. The average Bonchev–Trinajstić information content (AvgIpc) is 3.30. The molecule has 0 saturated carbocycles. The molecule has 138 valence electrons. The smallest absolute Gasteiger partial charge is 0.316 e. The van der Waals surface area contributed by atoms with Crippen molar-refractivity contribution in [2.75, 3.05) is 5.75 Å². The highest BCUT2D eigenvalue weighted by atomic mass is 79.9. The fourth-order valence-electron chi connectivity index (χ4n) is 2.61. The minimum absolute atomic E-state index is 0.00987. The third-order valence-electron chi connectivity index (χ3n) is 3.93. The summed E-state index contributed by atoms with van der Waals surface area (Å²) in [5.41, 5.74) is 0.604. The number of benzene rings is 1. The zero-order valence-corrected chi connectivity index (χ0v) is 17.3.